The predicted octanol–water partition coefficient (Wildman–Crippen LogP) is 4.24. The third-order valence-corrected chi connectivity index (χ3v) is 2.91. The number of hydrogen-bond donors (Lipinski definition) is 2. The van der Waals surface area contributed by atoms with E-state index in [4.69, 9.17) is 5.53 Å². The molecule has 3 nitrogen and oxygen atoms in total. The number of rotatable bonds is 1. The summed E-state index contributed by atoms with van der Waals surface area (Å²) in [5, 5.41) is 5.81. The van der Waals surface area contributed by atoms with Gasteiger partial charge in [-0.3, -0.25) is 0 Å². The molecule has 0 aromatic heterocycles. The van der Waals surface area contributed by atoms with Crippen molar-refractivity contribution in [2.24, 2.45) is 5.11 Å². The molecule has 0 fully saturated rings. The summed E-state index contributed by atoms with van der Waals surface area (Å²) in [6.45, 7) is 2.03. The van der Waals surface area contributed by atoms with Gasteiger partial charge in [0.2, 0.25) is 0 Å². The van der Waals surface area contributed by atoms with Crippen molar-refractivity contribution < 1.29 is 0 Å². The number of pyridine rings is 1. The van der Waals surface area contributed by atoms with Gasteiger partial charge in [-0.15, -0.1) is 0 Å². The van der Waals surface area contributed by atoms with Gasteiger partial charge in [0.1, 0.15) is 5.69 Å². The lowest BCUT2D eigenvalue weighted by molar-refractivity contribution is 1.15. The number of nitrogens with one attached hydrogen (secondary N) is 2. The molecule has 3 heteroatoms. The Balaban J connectivity index is 2.57. The second-order valence-corrected chi connectivity index (χ2v) is 3.94. The van der Waals surface area contributed by atoms with Crippen LogP contribution in [-0.2, 0) is 0 Å². The first-order valence-electron chi connectivity index (χ1n) is 5.19. The van der Waals surface area contributed by atoms with Gasteiger partial charge < -0.3 is 4.98 Å². The first-order chi connectivity index (χ1) is 7.81. The number of benzene rings is 1. The van der Waals surface area contributed by atoms with Gasteiger partial charge in [0, 0.05) is 22.0 Å². The fraction of sp³-hybridized carbons (Fsp3) is 0.0769. The fourth-order valence-corrected chi connectivity index (χ4v) is 2.18. The number of H-pyrrole nitrogens is 1. The van der Waals surface area contributed by atoms with Crippen molar-refractivity contribution in [3.8, 4) is 11.3 Å². The Morgan fingerprint density at radius 1 is 1.06 bits per heavy atom. The number of aromatic nitrogens is 1. The van der Waals surface area contributed by atoms with Gasteiger partial charge in [0.25, 0.3) is 0 Å². The van der Waals surface area contributed by atoms with Gasteiger partial charge in [-0.25, -0.2) is 5.53 Å². The summed E-state index contributed by atoms with van der Waals surface area (Å²) >= 11 is 0. The van der Waals surface area contributed by atoms with E-state index in [2.05, 4.69) is 16.2 Å². The zero-order valence-corrected chi connectivity index (χ0v) is 8.91. The second-order valence-electron chi connectivity index (χ2n) is 3.94. The number of nitrogens with zero attached hydrogens (tertiary/aromatic N) is 1. The summed E-state index contributed by atoms with van der Waals surface area (Å²) < 4.78 is 0. The quantitative estimate of drug-likeness (QED) is 0.563. The molecule has 0 amide bonds. The maximum absolute atomic E-state index is 7.29. The van der Waals surface area contributed by atoms with Crippen LogP contribution in [0.4, 0.5) is 5.69 Å². The molecule has 1 aromatic rings. The average Bonchev–Trinajstić information content (AvgIpc) is 2.62. The van der Waals surface area contributed by atoms with E-state index in [9.17, 15) is 0 Å². The highest BCUT2D eigenvalue weighted by molar-refractivity contribution is 6.10. The van der Waals surface area contributed by atoms with Gasteiger partial charge in [0.15, 0.2) is 0 Å². The summed E-state index contributed by atoms with van der Waals surface area (Å²) in [6, 6.07) is 12.1. The van der Waals surface area contributed by atoms with E-state index in [1.54, 1.807) is 0 Å². The lowest BCUT2D eigenvalue weighted by atomic mass is 10.1. The molecule has 1 aliphatic heterocycles. The number of aromatic amines is 1. The zero-order valence-electron chi connectivity index (χ0n) is 8.91. The van der Waals surface area contributed by atoms with Crippen LogP contribution in [0.1, 0.15) is 5.69 Å². The van der Waals surface area contributed by atoms with Crippen molar-refractivity contribution >= 4 is 16.5 Å². The third-order valence-electron chi connectivity index (χ3n) is 2.91. The molecule has 0 atom stereocenters. The topological polar surface area (TPSA) is 52.0 Å². The van der Waals surface area contributed by atoms with Crippen molar-refractivity contribution in [1.29, 1.82) is 5.53 Å². The van der Waals surface area contributed by atoms with Gasteiger partial charge in [-0.2, -0.15) is 5.11 Å². The summed E-state index contributed by atoms with van der Waals surface area (Å²) in [6.07, 6.45) is 0. The van der Waals surface area contributed by atoms with Crippen molar-refractivity contribution in [1.82, 2.24) is 4.98 Å². The standard InChI is InChI=1S/C13H11N3/c1-8-6-7-11-12(15-8)9-4-2-3-5-10(9)13(11)16-14/h2-7,14-15H,1H3. The van der Waals surface area contributed by atoms with Crippen LogP contribution in [0.3, 0.4) is 0 Å². The van der Waals surface area contributed by atoms with Crippen LogP contribution >= 0.6 is 0 Å². The van der Waals surface area contributed by atoms with E-state index in [1.165, 1.54) is 0 Å². The van der Waals surface area contributed by atoms with Crippen LogP contribution in [-0.4, -0.2) is 4.98 Å². The van der Waals surface area contributed by atoms with Crippen LogP contribution < -0.4 is 0 Å². The summed E-state index contributed by atoms with van der Waals surface area (Å²) in [5.74, 6) is 0. The summed E-state index contributed by atoms with van der Waals surface area (Å²) in [5.41, 5.74) is 11.2. The molecule has 0 saturated heterocycles. The lowest BCUT2D eigenvalue weighted by Crippen LogP contribution is -1.84. The third kappa shape index (κ3) is 1.08. The van der Waals surface area contributed by atoms with Crippen molar-refractivity contribution in [2.75, 3.05) is 0 Å². The van der Waals surface area contributed by atoms with Crippen LogP contribution in [0, 0.1) is 12.5 Å². The Hall–Kier alpha value is -2.16. The molecule has 3 rings (SSSR count). The first kappa shape index (κ1) is 9.09. The van der Waals surface area contributed by atoms with E-state index in [1.807, 2.05) is 37.3 Å². The number of hydrogen-bond acceptors (Lipinski definition) is 2. The highest BCUT2D eigenvalue weighted by Gasteiger charge is 2.17. The predicted molar refractivity (Wildman–Crippen MR) is 64.5 cm³/mol. The van der Waals surface area contributed by atoms with E-state index >= 15 is 0 Å². The van der Waals surface area contributed by atoms with Crippen molar-refractivity contribution in [2.45, 2.75) is 6.92 Å². The minimum Gasteiger partial charge on any atom is -0.358 e. The highest BCUT2D eigenvalue weighted by Crippen LogP contribution is 2.43. The summed E-state index contributed by atoms with van der Waals surface area (Å²) in [7, 11) is 0. The normalized spacial score (nSPS) is 11.1. The smallest absolute Gasteiger partial charge is 0.102 e. The summed E-state index contributed by atoms with van der Waals surface area (Å²) in [4.78, 5) is 3.34. The van der Waals surface area contributed by atoms with Crippen LogP contribution in [0.2, 0.25) is 0 Å². The van der Waals surface area contributed by atoms with Gasteiger partial charge in [-0.1, -0.05) is 24.3 Å². The maximum atomic E-state index is 7.29. The molecule has 0 unspecified atom stereocenters. The minimum absolute atomic E-state index is 0.752. The maximum Gasteiger partial charge on any atom is 0.102 e. The highest BCUT2D eigenvalue weighted by atomic mass is 15.0. The van der Waals surface area contributed by atoms with Crippen LogP contribution in [0.15, 0.2) is 41.5 Å². The molecular formula is C13H11N3. The zero-order chi connectivity index (χ0) is 11.1. The van der Waals surface area contributed by atoms with Crippen LogP contribution in [0.5, 0.6) is 0 Å². The molecule has 0 saturated carbocycles. The molecule has 0 radical (unpaired) electrons. The molecule has 1 aliphatic carbocycles. The SMILES string of the molecule is Cc1ccc2c(N=N)c3ccccc3c-2[nH]1. The van der Waals surface area contributed by atoms with Crippen molar-refractivity contribution in [3.63, 3.8) is 0 Å². The Morgan fingerprint density at radius 3 is 2.56 bits per heavy atom. The van der Waals surface area contributed by atoms with Crippen LogP contribution in [0.25, 0.3) is 22.0 Å². The van der Waals surface area contributed by atoms with Gasteiger partial charge >= 0.3 is 0 Å². The number of fused-ring (bicyclic) bond motifs is 3. The second kappa shape index (κ2) is 3.17. The van der Waals surface area contributed by atoms with E-state index in [0.29, 0.717) is 0 Å². The molecule has 16 heavy (non-hydrogen) atoms. The lowest BCUT2D eigenvalue weighted by Gasteiger charge is -2.02. The molecule has 78 valence electrons. The Bertz CT molecular complexity index is 652. The monoisotopic (exact) mass is 209 g/mol. The van der Waals surface area contributed by atoms with E-state index in [-0.39, 0.29) is 0 Å². The Labute approximate surface area is 93.0 Å². The van der Waals surface area contributed by atoms with Gasteiger partial charge in [0.05, 0.1) is 5.69 Å². The first-order valence-corrected chi connectivity index (χ1v) is 5.19. The number of aryl methyl sites for hydroxylation is 1. The fourth-order valence-electron chi connectivity index (χ4n) is 2.18. The Morgan fingerprint density at radius 2 is 1.81 bits per heavy atom. The Kier molecular flexibility index (Phi) is 1.80. The van der Waals surface area contributed by atoms with Crippen molar-refractivity contribution in [3.05, 3.63) is 42.1 Å². The largest absolute Gasteiger partial charge is 0.358 e. The molecule has 2 aliphatic rings. The molecule has 1 heterocycles. The average molecular weight is 209 g/mol. The molecular weight excluding hydrogens is 198 g/mol. The molecule has 2 N–H and O–H groups in total. The van der Waals surface area contributed by atoms with E-state index < -0.39 is 0 Å². The van der Waals surface area contributed by atoms with E-state index in [0.717, 1.165) is 33.4 Å². The van der Waals surface area contributed by atoms with Gasteiger partial charge in [-0.05, 0) is 19.1 Å². The molecule has 0 bridgehead atoms. The minimum atomic E-state index is 0.752. The molecule has 1 aromatic carbocycles. The molecule has 0 spiro atoms.